The lowest BCUT2D eigenvalue weighted by atomic mass is 9.97. The molecule has 126 valence electrons. The van der Waals surface area contributed by atoms with Crippen molar-refractivity contribution in [2.75, 3.05) is 13.7 Å². The molecule has 0 saturated heterocycles. The quantitative estimate of drug-likeness (QED) is 0.664. The summed E-state index contributed by atoms with van der Waals surface area (Å²) in [5.41, 5.74) is 2.85. The van der Waals surface area contributed by atoms with Crippen molar-refractivity contribution in [3.8, 4) is 5.75 Å². The molecule has 2 N–H and O–H groups in total. The van der Waals surface area contributed by atoms with Crippen molar-refractivity contribution < 1.29 is 13.5 Å². The van der Waals surface area contributed by atoms with Crippen molar-refractivity contribution in [1.29, 1.82) is 0 Å². The van der Waals surface area contributed by atoms with Gasteiger partial charge in [-0.3, -0.25) is 0 Å². The van der Waals surface area contributed by atoms with Gasteiger partial charge in [-0.1, -0.05) is 23.7 Å². The van der Waals surface area contributed by atoms with Crippen LogP contribution in [0.2, 0.25) is 5.02 Å². The molecule has 2 aromatic rings. The van der Waals surface area contributed by atoms with Crippen molar-refractivity contribution >= 4 is 17.3 Å². The fourth-order valence-corrected chi connectivity index (χ4v) is 3.07. The van der Waals surface area contributed by atoms with Gasteiger partial charge < -0.3 is 9.75 Å². The molecular formula is C18H17ClF2N2O. The van der Waals surface area contributed by atoms with Crippen LogP contribution < -0.4 is 10.6 Å². The molecule has 0 atom stereocenters. The van der Waals surface area contributed by atoms with E-state index in [1.54, 1.807) is 31.3 Å². The summed E-state index contributed by atoms with van der Waals surface area (Å²) in [6.07, 6.45) is 0.860. The Morgan fingerprint density at radius 1 is 1.21 bits per heavy atom. The molecule has 0 radical (unpaired) electrons. The molecule has 3 rings (SSSR count). The van der Waals surface area contributed by atoms with Gasteiger partial charge in [-0.05, 0) is 48.2 Å². The third-order valence-electron chi connectivity index (χ3n) is 4.01. The first-order valence-electron chi connectivity index (χ1n) is 7.53. The SMILES string of the molecule is CN(N)C1=C(CCc2cccc(F)c2F)COc2ccc(Cl)cc21. The Labute approximate surface area is 144 Å². The Balaban J connectivity index is 1.93. The lowest BCUT2D eigenvalue weighted by molar-refractivity contribution is 0.331. The maximum absolute atomic E-state index is 13.8. The first kappa shape index (κ1) is 16.7. The average molecular weight is 351 g/mol. The molecule has 24 heavy (non-hydrogen) atoms. The van der Waals surface area contributed by atoms with Crippen molar-refractivity contribution in [3.05, 3.63) is 69.8 Å². The molecule has 0 amide bonds. The smallest absolute Gasteiger partial charge is 0.162 e. The summed E-state index contributed by atoms with van der Waals surface area (Å²) in [5, 5.41) is 2.09. The molecule has 0 fully saturated rings. The number of benzene rings is 2. The summed E-state index contributed by atoms with van der Waals surface area (Å²) in [7, 11) is 1.73. The Bertz CT molecular complexity index is 806. The number of nitrogens with zero attached hydrogens (tertiary/aromatic N) is 1. The second-order valence-corrected chi connectivity index (χ2v) is 6.14. The van der Waals surface area contributed by atoms with Gasteiger partial charge in [0.15, 0.2) is 11.6 Å². The van der Waals surface area contributed by atoms with Gasteiger partial charge in [0.1, 0.15) is 12.4 Å². The summed E-state index contributed by atoms with van der Waals surface area (Å²) in [5.74, 6) is 5.05. The monoisotopic (exact) mass is 350 g/mol. The number of hydrogen-bond acceptors (Lipinski definition) is 3. The summed E-state index contributed by atoms with van der Waals surface area (Å²) < 4.78 is 32.9. The third kappa shape index (κ3) is 3.23. The van der Waals surface area contributed by atoms with E-state index in [9.17, 15) is 8.78 Å². The fraction of sp³-hybridized carbons (Fsp3) is 0.222. The molecular weight excluding hydrogens is 334 g/mol. The summed E-state index contributed by atoms with van der Waals surface area (Å²) in [6.45, 7) is 0.350. The van der Waals surface area contributed by atoms with Crippen molar-refractivity contribution in [3.63, 3.8) is 0 Å². The Kier molecular flexibility index (Phi) is 4.73. The minimum absolute atomic E-state index is 0.332. The lowest BCUT2D eigenvalue weighted by Gasteiger charge is -2.28. The number of hydrogen-bond donors (Lipinski definition) is 1. The van der Waals surface area contributed by atoms with E-state index >= 15 is 0 Å². The first-order chi connectivity index (χ1) is 11.5. The molecule has 0 saturated carbocycles. The molecule has 0 unspecified atom stereocenters. The van der Waals surface area contributed by atoms with Crippen LogP contribution in [0.25, 0.3) is 5.70 Å². The molecule has 1 aliphatic rings. The largest absolute Gasteiger partial charge is 0.488 e. The highest BCUT2D eigenvalue weighted by atomic mass is 35.5. The van der Waals surface area contributed by atoms with Crippen molar-refractivity contribution in [2.24, 2.45) is 5.84 Å². The van der Waals surface area contributed by atoms with Gasteiger partial charge in [0.05, 0.1) is 5.70 Å². The third-order valence-corrected chi connectivity index (χ3v) is 4.25. The minimum Gasteiger partial charge on any atom is -0.488 e. The normalized spacial score (nSPS) is 13.5. The highest BCUT2D eigenvalue weighted by Crippen LogP contribution is 2.37. The molecule has 3 nitrogen and oxygen atoms in total. The molecule has 1 aliphatic heterocycles. The van der Waals surface area contributed by atoms with Crippen LogP contribution in [0.3, 0.4) is 0 Å². The van der Waals surface area contributed by atoms with E-state index in [1.807, 2.05) is 0 Å². The van der Waals surface area contributed by atoms with Crippen molar-refractivity contribution in [2.45, 2.75) is 12.8 Å². The van der Waals surface area contributed by atoms with E-state index in [0.29, 0.717) is 35.8 Å². The van der Waals surface area contributed by atoms with E-state index in [2.05, 4.69) is 0 Å². The van der Waals surface area contributed by atoms with Gasteiger partial charge >= 0.3 is 0 Å². The van der Waals surface area contributed by atoms with E-state index in [-0.39, 0.29) is 0 Å². The predicted molar refractivity (Wildman–Crippen MR) is 90.5 cm³/mol. The van der Waals surface area contributed by atoms with E-state index in [1.165, 1.54) is 11.1 Å². The number of fused-ring (bicyclic) bond motifs is 1. The first-order valence-corrected chi connectivity index (χ1v) is 7.91. The van der Waals surface area contributed by atoms with Gasteiger partial charge in [0, 0.05) is 17.6 Å². The van der Waals surface area contributed by atoms with Gasteiger partial charge in [-0.25, -0.2) is 14.6 Å². The van der Waals surface area contributed by atoms with Gasteiger partial charge in [0.2, 0.25) is 0 Å². The number of aryl methyl sites for hydroxylation is 1. The number of ether oxygens (including phenoxy) is 1. The van der Waals surface area contributed by atoms with Crippen LogP contribution >= 0.6 is 11.6 Å². The minimum atomic E-state index is -0.838. The number of rotatable bonds is 4. The second kappa shape index (κ2) is 6.79. The Morgan fingerprint density at radius 2 is 2.00 bits per heavy atom. The van der Waals surface area contributed by atoms with E-state index in [4.69, 9.17) is 22.2 Å². The number of halogens is 3. The zero-order valence-corrected chi connectivity index (χ0v) is 13.9. The second-order valence-electron chi connectivity index (χ2n) is 5.71. The summed E-state index contributed by atoms with van der Waals surface area (Å²) in [6, 6.07) is 9.53. The van der Waals surface area contributed by atoms with Crippen molar-refractivity contribution in [1.82, 2.24) is 5.01 Å². The molecule has 0 aromatic heterocycles. The number of hydrazine groups is 1. The highest BCUT2D eigenvalue weighted by molar-refractivity contribution is 6.30. The maximum atomic E-state index is 13.8. The van der Waals surface area contributed by atoms with Crippen LogP contribution in [0.1, 0.15) is 17.5 Å². The van der Waals surface area contributed by atoms with Crippen LogP contribution in [-0.4, -0.2) is 18.7 Å². The zero-order valence-electron chi connectivity index (χ0n) is 13.2. The van der Waals surface area contributed by atoms with Gasteiger partial charge in [-0.2, -0.15) is 0 Å². The fourth-order valence-electron chi connectivity index (χ4n) is 2.89. The molecule has 6 heteroatoms. The zero-order chi connectivity index (χ0) is 17.3. The lowest BCUT2D eigenvalue weighted by Crippen LogP contribution is -2.29. The number of nitrogens with two attached hydrogens (primary N) is 1. The van der Waals surface area contributed by atoms with Gasteiger partial charge in [-0.15, -0.1) is 0 Å². The average Bonchev–Trinajstić information content (AvgIpc) is 2.55. The highest BCUT2D eigenvalue weighted by Gasteiger charge is 2.22. The molecule has 2 aromatic carbocycles. The Hall–Kier alpha value is -2.11. The molecule has 0 aliphatic carbocycles. The molecule has 0 bridgehead atoms. The van der Waals surface area contributed by atoms with Gasteiger partial charge in [0.25, 0.3) is 0 Å². The van der Waals surface area contributed by atoms with Crippen LogP contribution in [0.15, 0.2) is 42.0 Å². The van der Waals surface area contributed by atoms with Crippen LogP contribution in [0.4, 0.5) is 8.78 Å². The predicted octanol–water partition coefficient (Wildman–Crippen LogP) is 4.16. The van der Waals surface area contributed by atoms with E-state index in [0.717, 1.165) is 22.9 Å². The van der Waals surface area contributed by atoms with E-state index < -0.39 is 11.6 Å². The maximum Gasteiger partial charge on any atom is 0.162 e. The topological polar surface area (TPSA) is 38.5 Å². The van der Waals surface area contributed by atoms with Crippen LogP contribution in [0, 0.1) is 11.6 Å². The molecule has 1 heterocycles. The summed E-state index contributed by atoms with van der Waals surface area (Å²) >= 11 is 6.08. The summed E-state index contributed by atoms with van der Waals surface area (Å²) in [4.78, 5) is 0. The van der Waals surface area contributed by atoms with Crippen LogP contribution in [-0.2, 0) is 6.42 Å². The Morgan fingerprint density at radius 3 is 2.75 bits per heavy atom. The standard InChI is InChI=1S/C18H17ClF2N2O/c1-23(22)18-12(6-5-11-3-2-4-15(20)17(11)21)10-24-16-8-7-13(19)9-14(16)18/h2-4,7-9H,5-6,10,22H2,1H3. The molecule has 0 spiro atoms. The van der Waals surface area contributed by atoms with Crippen LogP contribution in [0.5, 0.6) is 5.75 Å².